The van der Waals surface area contributed by atoms with Crippen molar-refractivity contribution in [3.63, 3.8) is 0 Å². The van der Waals surface area contributed by atoms with Crippen molar-refractivity contribution in [1.29, 1.82) is 0 Å². The number of hydrogen-bond acceptors (Lipinski definition) is 2. The van der Waals surface area contributed by atoms with E-state index < -0.39 is 0 Å². The quantitative estimate of drug-likeness (QED) is 0.775. The van der Waals surface area contributed by atoms with Crippen LogP contribution in [-0.4, -0.2) is 28.4 Å². The van der Waals surface area contributed by atoms with Crippen LogP contribution >= 0.6 is 11.6 Å². The topological polar surface area (TPSA) is 27.1 Å². The smallest absolute Gasteiger partial charge is 0.0631 e. The molecule has 1 fully saturated rings. The highest BCUT2D eigenvalue weighted by molar-refractivity contribution is 6.18. The standard InChI is InChI=1S/C13H21ClN2O/c1-10(2)16-6-4-12(15-16)8-13(9-14)5-7-17-11(13)3/h4,6,10-11H,5,7-9H2,1-3H3. The minimum atomic E-state index is 0.0672. The second kappa shape index (κ2) is 4.99. The molecule has 1 aromatic rings. The van der Waals surface area contributed by atoms with Crippen LogP contribution in [0.5, 0.6) is 0 Å². The molecule has 2 heterocycles. The maximum absolute atomic E-state index is 6.16. The van der Waals surface area contributed by atoms with Gasteiger partial charge in [0.1, 0.15) is 0 Å². The van der Waals surface area contributed by atoms with Gasteiger partial charge in [-0.3, -0.25) is 4.68 Å². The molecule has 0 amide bonds. The van der Waals surface area contributed by atoms with Gasteiger partial charge in [-0.25, -0.2) is 0 Å². The predicted molar refractivity (Wildman–Crippen MR) is 69.5 cm³/mol. The summed E-state index contributed by atoms with van der Waals surface area (Å²) in [5.41, 5.74) is 1.19. The summed E-state index contributed by atoms with van der Waals surface area (Å²) in [6.45, 7) is 7.21. The first-order valence-electron chi connectivity index (χ1n) is 6.29. The molecule has 96 valence electrons. The van der Waals surface area contributed by atoms with Crippen molar-refractivity contribution in [2.75, 3.05) is 12.5 Å². The van der Waals surface area contributed by atoms with Gasteiger partial charge in [0.15, 0.2) is 0 Å². The molecule has 17 heavy (non-hydrogen) atoms. The zero-order chi connectivity index (χ0) is 12.5. The Bertz CT molecular complexity index is 377. The summed E-state index contributed by atoms with van der Waals surface area (Å²) < 4.78 is 7.66. The summed E-state index contributed by atoms with van der Waals surface area (Å²) in [4.78, 5) is 0. The zero-order valence-corrected chi connectivity index (χ0v) is 11.6. The molecule has 2 rings (SSSR count). The van der Waals surface area contributed by atoms with Crippen LogP contribution in [0.3, 0.4) is 0 Å². The number of rotatable bonds is 4. The number of ether oxygens (including phenoxy) is 1. The fourth-order valence-electron chi connectivity index (χ4n) is 2.39. The lowest BCUT2D eigenvalue weighted by Gasteiger charge is -2.29. The lowest BCUT2D eigenvalue weighted by atomic mass is 9.79. The minimum Gasteiger partial charge on any atom is -0.378 e. The van der Waals surface area contributed by atoms with Crippen LogP contribution in [-0.2, 0) is 11.2 Å². The fraction of sp³-hybridized carbons (Fsp3) is 0.769. The Morgan fingerprint density at radius 2 is 2.41 bits per heavy atom. The molecule has 3 nitrogen and oxygen atoms in total. The van der Waals surface area contributed by atoms with E-state index in [4.69, 9.17) is 16.3 Å². The third kappa shape index (κ3) is 2.50. The van der Waals surface area contributed by atoms with Gasteiger partial charge >= 0.3 is 0 Å². The number of nitrogens with zero attached hydrogens (tertiary/aromatic N) is 2. The fourth-order valence-corrected chi connectivity index (χ4v) is 2.84. The van der Waals surface area contributed by atoms with Crippen molar-refractivity contribution in [3.8, 4) is 0 Å². The molecule has 0 N–H and O–H groups in total. The number of alkyl halides is 1. The van der Waals surface area contributed by atoms with Crippen molar-refractivity contribution in [1.82, 2.24) is 9.78 Å². The Balaban J connectivity index is 2.13. The third-order valence-corrected chi connectivity index (χ3v) is 4.35. The Kier molecular flexibility index (Phi) is 3.79. The molecule has 2 atom stereocenters. The van der Waals surface area contributed by atoms with Gasteiger partial charge in [-0.2, -0.15) is 5.10 Å². The van der Waals surface area contributed by atoms with Gasteiger partial charge in [-0.05, 0) is 33.3 Å². The molecule has 0 saturated carbocycles. The lowest BCUT2D eigenvalue weighted by molar-refractivity contribution is 0.0730. The molecule has 4 heteroatoms. The summed E-state index contributed by atoms with van der Waals surface area (Å²) in [6.07, 6.45) is 4.22. The van der Waals surface area contributed by atoms with Crippen LogP contribution in [0.15, 0.2) is 12.3 Å². The number of halogens is 1. The molecular weight excluding hydrogens is 236 g/mol. The molecule has 1 aliphatic rings. The maximum atomic E-state index is 6.16. The van der Waals surface area contributed by atoms with Crippen molar-refractivity contribution < 1.29 is 4.74 Å². The van der Waals surface area contributed by atoms with E-state index in [1.54, 1.807) is 0 Å². The molecule has 0 aliphatic carbocycles. The van der Waals surface area contributed by atoms with Crippen molar-refractivity contribution in [2.45, 2.75) is 45.8 Å². The Labute approximate surface area is 108 Å². The predicted octanol–water partition coefficient (Wildman–Crippen LogP) is 3.04. The molecule has 0 bridgehead atoms. The van der Waals surface area contributed by atoms with Gasteiger partial charge in [0.2, 0.25) is 0 Å². The first-order chi connectivity index (χ1) is 8.07. The summed E-state index contributed by atoms with van der Waals surface area (Å²) in [5.74, 6) is 0.642. The first-order valence-corrected chi connectivity index (χ1v) is 6.82. The molecule has 0 radical (unpaired) electrons. The van der Waals surface area contributed by atoms with Crippen LogP contribution in [0.4, 0.5) is 0 Å². The molecular formula is C13H21ClN2O. The van der Waals surface area contributed by atoms with Gasteiger partial charge in [0.05, 0.1) is 11.8 Å². The highest BCUT2D eigenvalue weighted by Crippen LogP contribution is 2.39. The van der Waals surface area contributed by atoms with Gasteiger partial charge in [-0.15, -0.1) is 11.6 Å². The summed E-state index contributed by atoms with van der Waals surface area (Å²) in [6, 6.07) is 2.51. The van der Waals surface area contributed by atoms with E-state index in [2.05, 4.69) is 31.9 Å². The van der Waals surface area contributed by atoms with E-state index in [1.807, 2.05) is 10.9 Å². The second-order valence-electron chi connectivity index (χ2n) is 5.32. The Morgan fingerprint density at radius 3 is 2.88 bits per heavy atom. The van der Waals surface area contributed by atoms with Crippen molar-refractivity contribution >= 4 is 11.6 Å². The van der Waals surface area contributed by atoms with Gasteiger partial charge in [-0.1, -0.05) is 0 Å². The molecule has 0 aromatic carbocycles. The third-order valence-electron chi connectivity index (χ3n) is 3.82. The lowest BCUT2D eigenvalue weighted by Crippen LogP contribution is -2.33. The molecule has 0 spiro atoms. The van der Waals surface area contributed by atoms with E-state index >= 15 is 0 Å². The van der Waals surface area contributed by atoms with Gasteiger partial charge in [0, 0.05) is 36.6 Å². The number of aromatic nitrogens is 2. The highest BCUT2D eigenvalue weighted by Gasteiger charge is 2.41. The van der Waals surface area contributed by atoms with E-state index in [1.165, 1.54) is 0 Å². The van der Waals surface area contributed by atoms with Crippen molar-refractivity contribution in [3.05, 3.63) is 18.0 Å². The summed E-state index contributed by atoms with van der Waals surface area (Å²) in [7, 11) is 0. The monoisotopic (exact) mass is 256 g/mol. The molecule has 2 unspecified atom stereocenters. The average Bonchev–Trinajstić information content (AvgIpc) is 2.88. The average molecular weight is 257 g/mol. The minimum absolute atomic E-state index is 0.0672. The van der Waals surface area contributed by atoms with E-state index in [0.29, 0.717) is 11.9 Å². The van der Waals surface area contributed by atoms with Crippen LogP contribution in [0.25, 0.3) is 0 Å². The van der Waals surface area contributed by atoms with Crippen molar-refractivity contribution in [2.24, 2.45) is 5.41 Å². The normalized spacial score (nSPS) is 29.1. The first kappa shape index (κ1) is 12.9. The highest BCUT2D eigenvalue weighted by atomic mass is 35.5. The summed E-state index contributed by atoms with van der Waals surface area (Å²) in [5, 5.41) is 4.60. The van der Waals surface area contributed by atoms with E-state index in [9.17, 15) is 0 Å². The summed E-state index contributed by atoms with van der Waals surface area (Å²) >= 11 is 6.16. The molecule has 1 aromatic heterocycles. The number of hydrogen-bond donors (Lipinski definition) is 0. The van der Waals surface area contributed by atoms with Crippen LogP contribution in [0, 0.1) is 5.41 Å². The molecule has 1 aliphatic heterocycles. The maximum Gasteiger partial charge on any atom is 0.0631 e. The largest absolute Gasteiger partial charge is 0.378 e. The zero-order valence-electron chi connectivity index (χ0n) is 10.8. The molecule has 1 saturated heterocycles. The van der Waals surface area contributed by atoms with Crippen LogP contribution in [0.1, 0.15) is 38.9 Å². The Hall–Kier alpha value is -0.540. The van der Waals surface area contributed by atoms with Crippen LogP contribution < -0.4 is 0 Å². The van der Waals surface area contributed by atoms with Crippen LogP contribution in [0.2, 0.25) is 0 Å². The SMILES string of the molecule is CC(C)n1ccc(CC2(CCl)CCOC2C)n1. The second-order valence-corrected chi connectivity index (χ2v) is 5.58. The van der Waals surface area contributed by atoms with Gasteiger partial charge < -0.3 is 4.74 Å². The van der Waals surface area contributed by atoms with E-state index in [-0.39, 0.29) is 11.5 Å². The van der Waals surface area contributed by atoms with Gasteiger partial charge in [0.25, 0.3) is 0 Å². The van der Waals surface area contributed by atoms with E-state index in [0.717, 1.165) is 25.1 Å². The Morgan fingerprint density at radius 1 is 1.65 bits per heavy atom.